The van der Waals surface area contributed by atoms with E-state index in [0.717, 1.165) is 11.1 Å². The number of carbonyl (C=O) groups is 1. The zero-order valence-corrected chi connectivity index (χ0v) is 13.1. The van der Waals surface area contributed by atoms with Gasteiger partial charge >= 0.3 is 5.97 Å². The SMILES string of the molecule is C[C@H](OC(=O)/C=C/c1ccccc1)c1nnc(-c2ccccc2)o1. The van der Waals surface area contributed by atoms with Crippen LogP contribution in [0.25, 0.3) is 17.5 Å². The molecule has 0 amide bonds. The van der Waals surface area contributed by atoms with Crippen LogP contribution in [0.1, 0.15) is 24.5 Å². The fourth-order valence-electron chi connectivity index (χ4n) is 2.09. The van der Waals surface area contributed by atoms with Gasteiger partial charge in [-0.2, -0.15) is 0 Å². The summed E-state index contributed by atoms with van der Waals surface area (Å²) in [6, 6.07) is 18.9. The Morgan fingerprint density at radius 2 is 1.71 bits per heavy atom. The van der Waals surface area contributed by atoms with Crippen molar-refractivity contribution >= 4 is 12.0 Å². The highest BCUT2D eigenvalue weighted by atomic mass is 16.6. The van der Waals surface area contributed by atoms with Crippen molar-refractivity contribution in [1.82, 2.24) is 10.2 Å². The summed E-state index contributed by atoms with van der Waals surface area (Å²) in [5.74, 6) is 0.189. The van der Waals surface area contributed by atoms with E-state index in [2.05, 4.69) is 10.2 Å². The average Bonchev–Trinajstić information content (AvgIpc) is 3.12. The lowest BCUT2D eigenvalue weighted by Crippen LogP contribution is -2.06. The van der Waals surface area contributed by atoms with E-state index >= 15 is 0 Å². The average molecular weight is 320 g/mol. The molecule has 0 radical (unpaired) electrons. The highest BCUT2D eigenvalue weighted by molar-refractivity contribution is 5.87. The molecule has 1 aromatic heterocycles. The second-order valence-electron chi connectivity index (χ2n) is 5.13. The lowest BCUT2D eigenvalue weighted by Gasteiger charge is -2.06. The fraction of sp³-hybridized carbons (Fsp3) is 0.105. The Morgan fingerprint density at radius 1 is 1.04 bits per heavy atom. The molecule has 0 aliphatic carbocycles. The Bertz CT molecular complexity index is 826. The van der Waals surface area contributed by atoms with Crippen molar-refractivity contribution < 1.29 is 13.9 Å². The van der Waals surface area contributed by atoms with Gasteiger partial charge in [0.05, 0.1) is 0 Å². The number of ether oxygens (including phenoxy) is 1. The minimum Gasteiger partial charge on any atom is -0.449 e. The quantitative estimate of drug-likeness (QED) is 0.524. The number of hydrogen-bond donors (Lipinski definition) is 0. The molecule has 0 unspecified atom stereocenters. The first-order valence-corrected chi connectivity index (χ1v) is 7.55. The van der Waals surface area contributed by atoms with E-state index in [1.165, 1.54) is 6.08 Å². The van der Waals surface area contributed by atoms with Gasteiger partial charge in [0.2, 0.25) is 5.89 Å². The van der Waals surface area contributed by atoms with Gasteiger partial charge < -0.3 is 9.15 Å². The van der Waals surface area contributed by atoms with Crippen LogP contribution in [0.15, 0.2) is 71.2 Å². The number of carbonyl (C=O) groups excluding carboxylic acids is 1. The van der Waals surface area contributed by atoms with E-state index in [9.17, 15) is 4.79 Å². The topological polar surface area (TPSA) is 65.2 Å². The molecule has 0 aliphatic rings. The fourth-order valence-corrected chi connectivity index (χ4v) is 2.09. The van der Waals surface area contributed by atoms with E-state index in [1.54, 1.807) is 13.0 Å². The Labute approximate surface area is 139 Å². The van der Waals surface area contributed by atoms with Crippen molar-refractivity contribution in [2.75, 3.05) is 0 Å². The molecule has 3 aromatic rings. The number of benzene rings is 2. The summed E-state index contributed by atoms with van der Waals surface area (Å²) < 4.78 is 10.9. The van der Waals surface area contributed by atoms with Crippen molar-refractivity contribution in [1.29, 1.82) is 0 Å². The Hall–Kier alpha value is -3.21. The first-order valence-electron chi connectivity index (χ1n) is 7.55. The number of nitrogens with zero attached hydrogens (tertiary/aromatic N) is 2. The Kier molecular flexibility index (Phi) is 4.81. The first kappa shape index (κ1) is 15.7. The number of aromatic nitrogens is 2. The van der Waals surface area contributed by atoms with Gasteiger partial charge in [0, 0.05) is 11.6 Å². The zero-order valence-electron chi connectivity index (χ0n) is 13.1. The predicted molar refractivity (Wildman–Crippen MR) is 89.7 cm³/mol. The van der Waals surface area contributed by atoms with Crippen LogP contribution in [0.5, 0.6) is 0 Å². The second-order valence-corrected chi connectivity index (χ2v) is 5.13. The normalized spacial score (nSPS) is 12.2. The molecule has 0 saturated heterocycles. The van der Waals surface area contributed by atoms with Gasteiger partial charge in [0.25, 0.3) is 5.89 Å². The van der Waals surface area contributed by atoms with E-state index in [-0.39, 0.29) is 5.89 Å². The van der Waals surface area contributed by atoms with Crippen LogP contribution in [0.3, 0.4) is 0 Å². The number of hydrogen-bond acceptors (Lipinski definition) is 5. The molecule has 0 bridgehead atoms. The maximum absolute atomic E-state index is 11.9. The van der Waals surface area contributed by atoms with Crippen LogP contribution >= 0.6 is 0 Å². The standard InChI is InChI=1S/C19H16N2O3/c1-14(23-17(22)13-12-15-8-4-2-5-9-15)18-20-21-19(24-18)16-10-6-3-7-11-16/h2-14H,1H3/b13-12+/t14-/m0/s1. The first-order chi connectivity index (χ1) is 11.7. The number of rotatable bonds is 5. The molecule has 5 heteroatoms. The van der Waals surface area contributed by atoms with Crippen molar-refractivity contribution in [3.05, 3.63) is 78.2 Å². The van der Waals surface area contributed by atoms with Crippen LogP contribution in [0.2, 0.25) is 0 Å². The summed E-state index contributed by atoms with van der Waals surface area (Å²) in [7, 11) is 0. The van der Waals surface area contributed by atoms with E-state index < -0.39 is 12.1 Å². The summed E-state index contributed by atoms with van der Waals surface area (Å²) in [5.41, 5.74) is 1.74. The summed E-state index contributed by atoms with van der Waals surface area (Å²) in [5, 5.41) is 7.93. The van der Waals surface area contributed by atoms with Gasteiger partial charge in [-0.1, -0.05) is 48.5 Å². The van der Waals surface area contributed by atoms with Gasteiger partial charge in [-0.3, -0.25) is 0 Å². The summed E-state index contributed by atoms with van der Waals surface area (Å²) in [4.78, 5) is 11.9. The van der Waals surface area contributed by atoms with Crippen LogP contribution in [0.4, 0.5) is 0 Å². The van der Waals surface area contributed by atoms with Gasteiger partial charge in [-0.05, 0) is 30.7 Å². The molecule has 0 saturated carbocycles. The monoisotopic (exact) mass is 320 g/mol. The lowest BCUT2D eigenvalue weighted by atomic mass is 10.2. The van der Waals surface area contributed by atoms with Crippen LogP contribution in [-0.2, 0) is 9.53 Å². The predicted octanol–water partition coefficient (Wildman–Crippen LogP) is 4.05. The molecule has 24 heavy (non-hydrogen) atoms. The molecule has 0 spiro atoms. The van der Waals surface area contributed by atoms with Crippen LogP contribution in [0, 0.1) is 0 Å². The molecule has 1 heterocycles. The largest absolute Gasteiger partial charge is 0.449 e. The smallest absolute Gasteiger partial charge is 0.331 e. The number of esters is 1. The molecule has 0 N–H and O–H groups in total. The Morgan fingerprint density at radius 3 is 2.42 bits per heavy atom. The second kappa shape index (κ2) is 7.37. The van der Waals surface area contributed by atoms with Gasteiger partial charge in [-0.15, -0.1) is 10.2 Å². The maximum Gasteiger partial charge on any atom is 0.331 e. The molecule has 0 aliphatic heterocycles. The molecular formula is C19H16N2O3. The van der Waals surface area contributed by atoms with E-state index in [0.29, 0.717) is 5.89 Å². The van der Waals surface area contributed by atoms with Crippen LogP contribution in [-0.4, -0.2) is 16.2 Å². The molecule has 1 atom stereocenters. The molecule has 0 fully saturated rings. The van der Waals surface area contributed by atoms with Gasteiger partial charge in [0.1, 0.15) is 0 Å². The molecule has 3 rings (SSSR count). The third-order valence-electron chi connectivity index (χ3n) is 3.31. The summed E-state index contributed by atoms with van der Waals surface area (Å²) >= 11 is 0. The highest BCUT2D eigenvalue weighted by Gasteiger charge is 2.17. The van der Waals surface area contributed by atoms with Crippen LogP contribution < -0.4 is 0 Å². The highest BCUT2D eigenvalue weighted by Crippen LogP contribution is 2.22. The lowest BCUT2D eigenvalue weighted by molar-refractivity contribution is -0.143. The summed E-state index contributed by atoms with van der Waals surface area (Å²) in [6.45, 7) is 1.69. The van der Waals surface area contributed by atoms with Gasteiger partial charge in [0.15, 0.2) is 6.10 Å². The van der Waals surface area contributed by atoms with E-state index in [1.807, 2.05) is 60.7 Å². The van der Waals surface area contributed by atoms with Crippen molar-refractivity contribution in [2.45, 2.75) is 13.0 Å². The molecular weight excluding hydrogens is 304 g/mol. The van der Waals surface area contributed by atoms with Crippen molar-refractivity contribution in [3.63, 3.8) is 0 Å². The Balaban J connectivity index is 1.63. The maximum atomic E-state index is 11.9. The zero-order chi connectivity index (χ0) is 16.8. The summed E-state index contributed by atoms with van der Waals surface area (Å²) in [6.07, 6.45) is 2.45. The third kappa shape index (κ3) is 3.95. The minimum atomic E-state index is -0.622. The van der Waals surface area contributed by atoms with E-state index in [4.69, 9.17) is 9.15 Å². The molecule has 120 valence electrons. The van der Waals surface area contributed by atoms with Gasteiger partial charge in [-0.25, -0.2) is 4.79 Å². The van der Waals surface area contributed by atoms with Crippen molar-refractivity contribution in [3.8, 4) is 11.5 Å². The van der Waals surface area contributed by atoms with Crippen molar-refractivity contribution in [2.24, 2.45) is 0 Å². The third-order valence-corrected chi connectivity index (χ3v) is 3.31. The minimum absolute atomic E-state index is 0.260. The molecule has 5 nitrogen and oxygen atoms in total. The molecule has 2 aromatic carbocycles.